The highest BCUT2D eigenvalue weighted by Crippen LogP contribution is 2.41. The van der Waals surface area contributed by atoms with Crippen LogP contribution in [0.25, 0.3) is 0 Å². The molecule has 0 aromatic heterocycles. The molecule has 266 valence electrons. The lowest BCUT2D eigenvalue weighted by Gasteiger charge is -2.39. The molecule has 9 nitrogen and oxygen atoms in total. The molecule has 50 heavy (non-hydrogen) atoms. The number of aryl methyl sites for hydroxylation is 1. The molecule has 1 fully saturated rings. The molecule has 6 rings (SSSR count). The van der Waals surface area contributed by atoms with Crippen molar-refractivity contribution >= 4 is 15.5 Å². The molecular formula is C40H48N2O7S. The number of nitrogens with zero attached hydrogens (tertiary/aromatic N) is 1. The molecule has 2 aliphatic heterocycles. The average Bonchev–Trinajstić information content (AvgIpc) is 3.15. The van der Waals surface area contributed by atoms with Gasteiger partial charge in [-0.3, -0.25) is 0 Å². The minimum Gasteiger partial charge on any atom is -0.497 e. The van der Waals surface area contributed by atoms with E-state index >= 15 is 0 Å². The predicted molar refractivity (Wildman–Crippen MR) is 195 cm³/mol. The van der Waals surface area contributed by atoms with Gasteiger partial charge in [-0.05, 0) is 72.9 Å². The topological polar surface area (TPSA) is 95.6 Å². The van der Waals surface area contributed by atoms with Crippen LogP contribution >= 0.6 is 0 Å². The Bertz CT molecular complexity index is 1770. The SMILES string of the molecule is COCCCN1CCOc2ccc(C(O[C@H]3CN[C@H](COCc4ccccc4)C[C@@H]3c3ccc(OC)cc3)S(=O)(=O)c3ccc(C)cc3)cc21. The van der Waals surface area contributed by atoms with E-state index in [2.05, 4.69) is 22.3 Å². The zero-order valence-electron chi connectivity index (χ0n) is 29.1. The second kappa shape index (κ2) is 16.9. The van der Waals surface area contributed by atoms with Gasteiger partial charge in [-0.25, -0.2) is 8.42 Å². The fourth-order valence-electron chi connectivity index (χ4n) is 6.74. The van der Waals surface area contributed by atoms with Crippen LogP contribution in [0.5, 0.6) is 11.5 Å². The number of hydrogen-bond donors (Lipinski definition) is 1. The van der Waals surface area contributed by atoms with Gasteiger partial charge in [0.1, 0.15) is 18.1 Å². The van der Waals surface area contributed by atoms with Crippen molar-refractivity contribution in [3.05, 3.63) is 119 Å². The normalized spacial score (nSPS) is 19.7. The zero-order chi connectivity index (χ0) is 34.9. The Morgan fingerprint density at radius 2 is 1.74 bits per heavy atom. The van der Waals surface area contributed by atoms with Gasteiger partial charge in [-0.1, -0.05) is 66.2 Å². The summed E-state index contributed by atoms with van der Waals surface area (Å²) in [4.78, 5) is 2.45. The van der Waals surface area contributed by atoms with Crippen molar-refractivity contribution < 1.29 is 32.1 Å². The highest BCUT2D eigenvalue weighted by Gasteiger charge is 2.39. The van der Waals surface area contributed by atoms with Crippen LogP contribution in [-0.4, -0.2) is 74.2 Å². The molecule has 4 aromatic rings. The van der Waals surface area contributed by atoms with Gasteiger partial charge in [-0.15, -0.1) is 0 Å². The van der Waals surface area contributed by atoms with E-state index in [4.69, 9.17) is 23.7 Å². The molecule has 0 spiro atoms. The maximum Gasteiger partial charge on any atom is 0.209 e. The maximum absolute atomic E-state index is 14.6. The fourth-order valence-corrected chi connectivity index (χ4v) is 8.30. The van der Waals surface area contributed by atoms with Gasteiger partial charge >= 0.3 is 0 Å². The first kappa shape index (κ1) is 35.9. The number of sulfone groups is 1. The summed E-state index contributed by atoms with van der Waals surface area (Å²) >= 11 is 0. The second-order valence-electron chi connectivity index (χ2n) is 13.0. The Labute approximate surface area is 296 Å². The highest BCUT2D eigenvalue weighted by atomic mass is 32.2. The molecule has 0 bridgehead atoms. The summed E-state index contributed by atoms with van der Waals surface area (Å²) in [5.41, 5.74) is 3.33. The molecule has 0 aliphatic carbocycles. The monoisotopic (exact) mass is 700 g/mol. The Hall–Kier alpha value is -3.93. The van der Waals surface area contributed by atoms with Crippen molar-refractivity contribution in [3.8, 4) is 11.5 Å². The van der Waals surface area contributed by atoms with Gasteiger partial charge in [0.2, 0.25) is 9.84 Å². The summed E-state index contributed by atoms with van der Waals surface area (Å²) in [6.45, 7) is 6.11. The quantitative estimate of drug-likeness (QED) is 0.140. The standard InChI is InChI=1S/C40H48N2O7S/c1-29-10-17-35(18-11-29)50(43,44)40(32-14-19-38-37(24-32)42(21-23-48-38)20-7-22-45-2)49-39-26-41-33(28-47-27-30-8-5-4-6-9-30)25-36(39)31-12-15-34(46-3)16-13-31/h4-6,8-19,24,33,36,39-41H,7,20-23,25-28H2,1-3H3/t33-,36+,39-,40?/m0/s1. The summed E-state index contributed by atoms with van der Waals surface area (Å²) in [5, 5.41) is 3.61. The Morgan fingerprint density at radius 1 is 0.960 bits per heavy atom. The highest BCUT2D eigenvalue weighted by molar-refractivity contribution is 7.91. The van der Waals surface area contributed by atoms with E-state index in [0.717, 1.165) is 46.8 Å². The lowest BCUT2D eigenvalue weighted by atomic mass is 9.84. The van der Waals surface area contributed by atoms with Gasteiger partial charge < -0.3 is 33.9 Å². The molecule has 4 aromatic carbocycles. The smallest absolute Gasteiger partial charge is 0.209 e. The molecule has 0 saturated carbocycles. The minimum atomic E-state index is -3.98. The zero-order valence-corrected chi connectivity index (χ0v) is 29.9. The van der Waals surface area contributed by atoms with Gasteiger partial charge in [0.25, 0.3) is 0 Å². The number of rotatable bonds is 15. The van der Waals surface area contributed by atoms with Gasteiger partial charge in [0.05, 0.1) is 43.6 Å². The molecule has 1 N–H and O–H groups in total. The van der Waals surface area contributed by atoms with E-state index in [1.165, 1.54) is 0 Å². The number of anilines is 1. The summed E-state index contributed by atoms with van der Waals surface area (Å²) < 4.78 is 59.0. The maximum atomic E-state index is 14.6. The Balaban J connectivity index is 1.31. The average molecular weight is 701 g/mol. The van der Waals surface area contributed by atoms with Crippen molar-refractivity contribution in [3.63, 3.8) is 0 Å². The number of benzene rings is 4. The van der Waals surface area contributed by atoms with Crippen molar-refractivity contribution in [2.75, 3.05) is 58.6 Å². The summed E-state index contributed by atoms with van der Waals surface area (Å²) in [6, 6.07) is 30.8. The van der Waals surface area contributed by atoms with E-state index in [0.29, 0.717) is 51.5 Å². The molecule has 1 unspecified atom stereocenters. The molecule has 1 saturated heterocycles. The van der Waals surface area contributed by atoms with Crippen LogP contribution in [0, 0.1) is 6.92 Å². The first-order valence-electron chi connectivity index (χ1n) is 17.3. The Morgan fingerprint density at radius 3 is 2.48 bits per heavy atom. The van der Waals surface area contributed by atoms with Crippen LogP contribution in [0.2, 0.25) is 0 Å². The number of methoxy groups -OCH3 is 2. The molecule has 0 radical (unpaired) electrons. The van der Waals surface area contributed by atoms with E-state index in [1.54, 1.807) is 26.4 Å². The molecule has 0 amide bonds. The van der Waals surface area contributed by atoms with E-state index in [1.807, 2.05) is 79.7 Å². The van der Waals surface area contributed by atoms with Crippen LogP contribution in [0.4, 0.5) is 5.69 Å². The third kappa shape index (κ3) is 8.68. The molecule has 4 atom stereocenters. The Kier molecular flexibility index (Phi) is 12.1. The van der Waals surface area contributed by atoms with Crippen LogP contribution in [0.3, 0.4) is 0 Å². The van der Waals surface area contributed by atoms with Crippen LogP contribution in [0.1, 0.15) is 46.4 Å². The minimum absolute atomic E-state index is 0.0550. The van der Waals surface area contributed by atoms with E-state index in [-0.39, 0.29) is 16.9 Å². The lowest BCUT2D eigenvalue weighted by molar-refractivity contribution is -0.0160. The van der Waals surface area contributed by atoms with Gasteiger partial charge in [0, 0.05) is 38.8 Å². The van der Waals surface area contributed by atoms with Gasteiger partial charge in [-0.2, -0.15) is 0 Å². The van der Waals surface area contributed by atoms with Crippen molar-refractivity contribution in [1.82, 2.24) is 5.32 Å². The van der Waals surface area contributed by atoms with Gasteiger partial charge in [0.15, 0.2) is 5.44 Å². The van der Waals surface area contributed by atoms with E-state index in [9.17, 15) is 8.42 Å². The summed E-state index contributed by atoms with van der Waals surface area (Å²) in [5.74, 6) is 1.39. The number of ether oxygens (including phenoxy) is 5. The third-order valence-electron chi connectivity index (χ3n) is 9.49. The van der Waals surface area contributed by atoms with Crippen molar-refractivity contribution in [2.24, 2.45) is 0 Å². The number of nitrogens with one attached hydrogen (secondary N) is 1. The summed E-state index contributed by atoms with van der Waals surface area (Å²) in [6.07, 6.45) is 1.09. The molecular weight excluding hydrogens is 653 g/mol. The molecule has 2 aliphatic rings. The van der Waals surface area contributed by atoms with Crippen molar-refractivity contribution in [2.45, 2.75) is 54.8 Å². The van der Waals surface area contributed by atoms with Crippen LogP contribution in [-0.2, 0) is 30.7 Å². The van der Waals surface area contributed by atoms with Crippen molar-refractivity contribution in [1.29, 1.82) is 0 Å². The number of fused-ring (bicyclic) bond motifs is 1. The van der Waals surface area contributed by atoms with Crippen LogP contribution < -0.4 is 19.7 Å². The first-order valence-corrected chi connectivity index (χ1v) is 18.9. The lowest BCUT2D eigenvalue weighted by Crippen LogP contribution is -2.49. The fraction of sp³-hybridized carbons (Fsp3) is 0.400. The first-order chi connectivity index (χ1) is 24.4. The largest absolute Gasteiger partial charge is 0.497 e. The number of piperidine rings is 1. The molecule has 10 heteroatoms. The predicted octanol–water partition coefficient (Wildman–Crippen LogP) is 6.46. The van der Waals surface area contributed by atoms with E-state index < -0.39 is 21.4 Å². The second-order valence-corrected chi connectivity index (χ2v) is 15.0. The summed E-state index contributed by atoms with van der Waals surface area (Å²) in [7, 11) is -0.640. The number of hydrogen-bond acceptors (Lipinski definition) is 9. The third-order valence-corrected chi connectivity index (χ3v) is 11.4. The van der Waals surface area contributed by atoms with Crippen LogP contribution in [0.15, 0.2) is 102 Å². The molecule has 2 heterocycles.